The number of rotatable bonds is 3. The molecule has 0 unspecified atom stereocenters. The molecule has 0 fully saturated rings. The van der Waals surface area contributed by atoms with Crippen LogP contribution in [0.1, 0.15) is 10.4 Å². The molecule has 0 atom stereocenters. The summed E-state index contributed by atoms with van der Waals surface area (Å²) in [5, 5.41) is 8.91. The molecular weight excluding hydrogens is 375 g/mol. The number of hydrogen-bond acceptors (Lipinski definition) is 3. The third kappa shape index (κ3) is 5.12. The molecule has 7 N–H and O–H groups in total. The van der Waals surface area contributed by atoms with Gasteiger partial charge in [-0.1, -0.05) is 0 Å². The molecule has 1 rings (SSSR count). The molecule has 0 aliphatic rings. The highest BCUT2D eigenvalue weighted by atomic mass is 79.9. The molecule has 22 heavy (non-hydrogen) atoms. The molecule has 0 radical (unpaired) electrons. The van der Waals surface area contributed by atoms with Gasteiger partial charge in [0.25, 0.3) is 0 Å². The second-order valence-electron chi connectivity index (χ2n) is 3.67. The summed E-state index contributed by atoms with van der Waals surface area (Å²) in [6.07, 6.45) is -5.03. The SMILES string of the molecule is NC(N)=NC(N)=Nc1cc(C(=O)O)cc(Br)c1OC(F)(F)F. The highest BCUT2D eigenvalue weighted by Crippen LogP contribution is 2.40. The van der Waals surface area contributed by atoms with Crippen molar-refractivity contribution in [3.63, 3.8) is 0 Å². The number of ether oxygens (including phenoxy) is 1. The maximum atomic E-state index is 12.4. The quantitative estimate of drug-likeness (QED) is 0.455. The van der Waals surface area contributed by atoms with E-state index in [9.17, 15) is 18.0 Å². The minimum Gasteiger partial charge on any atom is -0.478 e. The molecular formula is C10H9BrF3N5O3. The molecule has 0 aliphatic heterocycles. The van der Waals surface area contributed by atoms with Gasteiger partial charge in [-0.2, -0.15) is 4.99 Å². The monoisotopic (exact) mass is 383 g/mol. The van der Waals surface area contributed by atoms with Crippen molar-refractivity contribution in [2.75, 3.05) is 0 Å². The first-order chi connectivity index (χ1) is 9.99. The summed E-state index contributed by atoms with van der Waals surface area (Å²) < 4.78 is 40.7. The molecule has 0 amide bonds. The molecule has 0 spiro atoms. The Balaban J connectivity index is 3.49. The highest BCUT2D eigenvalue weighted by molar-refractivity contribution is 9.10. The summed E-state index contributed by atoms with van der Waals surface area (Å²) in [4.78, 5) is 17.8. The van der Waals surface area contributed by atoms with E-state index in [0.717, 1.165) is 12.1 Å². The molecule has 0 aromatic heterocycles. The van der Waals surface area contributed by atoms with E-state index in [1.54, 1.807) is 0 Å². The Morgan fingerprint density at radius 2 is 1.86 bits per heavy atom. The smallest absolute Gasteiger partial charge is 0.478 e. The minimum atomic E-state index is -5.03. The van der Waals surface area contributed by atoms with Crippen molar-refractivity contribution in [2.45, 2.75) is 6.36 Å². The summed E-state index contributed by atoms with van der Waals surface area (Å²) in [5.41, 5.74) is 14.5. The van der Waals surface area contributed by atoms with E-state index >= 15 is 0 Å². The number of carboxylic acid groups (broad SMARTS) is 1. The van der Waals surface area contributed by atoms with E-state index in [4.69, 9.17) is 22.3 Å². The molecule has 120 valence electrons. The van der Waals surface area contributed by atoms with E-state index in [1.165, 1.54) is 0 Å². The first kappa shape index (κ1) is 17.6. The number of halogens is 4. The lowest BCUT2D eigenvalue weighted by atomic mass is 10.2. The third-order valence-corrected chi connectivity index (χ3v) is 2.56. The van der Waals surface area contributed by atoms with Crippen molar-refractivity contribution in [1.82, 2.24) is 0 Å². The van der Waals surface area contributed by atoms with Crippen LogP contribution in [-0.2, 0) is 0 Å². The largest absolute Gasteiger partial charge is 0.573 e. The van der Waals surface area contributed by atoms with E-state index < -0.39 is 35.7 Å². The van der Waals surface area contributed by atoms with Crippen LogP contribution in [0.2, 0.25) is 0 Å². The molecule has 12 heteroatoms. The van der Waals surface area contributed by atoms with Crippen LogP contribution in [0.3, 0.4) is 0 Å². The summed E-state index contributed by atoms with van der Waals surface area (Å²) in [5.74, 6) is -3.24. The van der Waals surface area contributed by atoms with E-state index in [2.05, 4.69) is 30.7 Å². The van der Waals surface area contributed by atoms with Gasteiger partial charge >= 0.3 is 12.3 Å². The fourth-order valence-electron chi connectivity index (χ4n) is 1.28. The predicted molar refractivity (Wildman–Crippen MR) is 74.9 cm³/mol. The second-order valence-corrected chi connectivity index (χ2v) is 4.52. The Labute approximate surface area is 129 Å². The van der Waals surface area contributed by atoms with Crippen LogP contribution in [0.15, 0.2) is 26.6 Å². The number of nitrogens with two attached hydrogens (primary N) is 3. The number of aliphatic imine (C=N–C) groups is 2. The lowest BCUT2D eigenvalue weighted by Crippen LogP contribution is -2.26. The predicted octanol–water partition coefficient (Wildman–Crippen LogP) is 1.27. The van der Waals surface area contributed by atoms with Crippen molar-refractivity contribution >= 4 is 39.5 Å². The van der Waals surface area contributed by atoms with Crippen LogP contribution in [0, 0.1) is 0 Å². The summed E-state index contributed by atoms with van der Waals surface area (Å²) >= 11 is 2.78. The summed E-state index contributed by atoms with van der Waals surface area (Å²) in [6, 6.07) is 1.74. The fourth-order valence-corrected chi connectivity index (χ4v) is 1.81. The zero-order chi connectivity index (χ0) is 17.1. The van der Waals surface area contributed by atoms with E-state index in [1.807, 2.05) is 0 Å². The van der Waals surface area contributed by atoms with Gasteiger partial charge in [-0.05, 0) is 28.1 Å². The minimum absolute atomic E-state index is 0.291. The van der Waals surface area contributed by atoms with Crippen LogP contribution in [0.4, 0.5) is 18.9 Å². The van der Waals surface area contributed by atoms with Gasteiger partial charge in [0.2, 0.25) is 5.96 Å². The Morgan fingerprint density at radius 1 is 1.27 bits per heavy atom. The van der Waals surface area contributed by atoms with Gasteiger partial charge in [0.05, 0.1) is 10.0 Å². The number of guanidine groups is 2. The van der Waals surface area contributed by atoms with Gasteiger partial charge in [0.15, 0.2) is 11.7 Å². The first-order valence-corrected chi connectivity index (χ1v) is 6.05. The fraction of sp³-hybridized carbons (Fsp3) is 0.100. The van der Waals surface area contributed by atoms with Gasteiger partial charge in [-0.25, -0.2) is 9.79 Å². The van der Waals surface area contributed by atoms with Crippen molar-refractivity contribution in [1.29, 1.82) is 0 Å². The first-order valence-electron chi connectivity index (χ1n) is 5.26. The van der Waals surface area contributed by atoms with Gasteiger partial charge in [0.1, 0.15) is 5.69 Å². The van der Waals surface area contributed by atoms with Crippen LogP contribution < -0.4 is 21.9 Å². The highest BCUT2D eigenvalue weighted by Gasteiger charge is 2.33. The second kappa shape index (κ2) is 6.51. The van der Waals surface area contributed by atoms with Gasteiger partial charge in [0, 0.05) is 0 Å². The maximum Gasteiger partial charge on any atom is 0.573 e. The molecule has 0 saturated heterocycles. The summed E-state index contributed by atoms with van der Waals surface area (Å²) in [6.45, 7) is 0. The van der Waals surface area contributed by atoms with Crippen molar-refractivity contribution in [3.05, 3.63) is 22.2 Å². The van der Waals surface area contributed by atoms with Gasteiger partial charge < -0.3 is 27.0 Å². The Bertz CT molecular complexity index is 656. The molecule has 0 bridgehead atoms. The molecule has 0 aliphatic carbocycles. The number of benzene rings is 1. The number of carbonyl (C=O) groups is 1. The van der Waals surface area contributed by atoms with Crippen molar-refractivity contribution < 1.29 is 27.8 Å². The average Bonchev–Trinajstić information content (AvgIpc) is 2.30. The Kier molecular flexibility index (Phi) is 5.19. The number of aromatic carboxylic acids is 1. The molecule has 8 nitrogen and oxygen atoms in total. The Hall–Kier alpha value is -2.50. The van der Waals surface area contributed by atoms with Gasteiger partial charge in [-0.15, -0.1) is 13.2 Å². The van der Waals surface area contributed by atoms with E-state index in [0.29, 0.717) is 0 Å². The summed E-state index contributed by atoms with van der Waals surface area (Å²) in [7, 11) is 0. The molecule has 1 aromatic rings. The van der Waals surface area contributed by atoms with Crippen LogP contribution in [0.25, 0.3) is 0 Å². The van der Waals surface area contributed by atoms with Gasteiger partial charge in [-0.3, -0.25) is 0 Å². The van der Waals surface area contributed by atoms with Crippen molar-refractivity contribution in [3.8, 4) is 5.75 Å². The molecule has 0 saturated carbocycles. The normalized spacial score (nSPS) is 11.9. The average molecular weight is 384 g/mol. The molecule has 0 heterocycles. The number of hydrogen-bond donors (Lipinski definition) is 4. The Morgan fingerprint density at radius 3 is 2.32 bits per heavy atom. The zero-order valence-electron chi connectivity index (χ0n) is 10.6. The van der Waals surface area contributed by atoms with E-state index in [-0.39, 0.29) is 10.0 Å². The standard InChI is InChI=1S/C10H9BrF3N5O3/c11-4-1-3(7(20)21)2-5(6(4)22-10(12,13)14)18-9(17)19-8(15)16/h1-2H,(H,20,21)(H6,15,16,17,18,19). The number of nitrogens with zero attached hydrogens (tertiary/aromatic N) is 2. The third-order valence-electron chi connectivity index (χ3n) is 1.97. The maximum absolute atomic E-state index is 12.4. The van der Waals surface area contributed by atoms with Crippen LogP contribution >= 0.6 is 15.9 Å². The van der Waals surface area contributed by atoms with Crippen LogP contribution in [-0.4, -0.2) is 29.4 Å². The zero-order valence-corrected chi connectivity index (χ0v) is 12.1. The van der Waals surface area contributed by atoms with Crippen LogP contribution in [0.5, 0.6) is 5.75 Å². The van der Waals surface area contributed by atoms with Crippen molar-refractivity contribution in [2.24, 2.45) is 27.2 Å². The number of alkyl halides is 3. The topological polar surface area (TPSA) is 149 Å². The number of carboxylic acids is 1. The lowest BCUT2D eigenvalue weighted by molar-refractivity contribution is -0.274. The lowest BCUT2D eigenvalue weighted by Gasteiger charge is -2.13. The molecule has 1 aromatic carbocycles.